The van der Waals surface area contributed by atoms with Crippen molar-refractivity contribution in [2.24, 2.45) is 5.73 Å². The molecule has 0 amide bonds. The lowest BCUT2D eigenvalue weighted by Crippen LogP contribution is -2.23. The van der Waals surface area contributed by atoms with E-state index in [9.17, 15) is 0 Å². The molecule has 1 aliphatic rings. The van der Waals surface area contributed by atoms with Crippen molar-refractivity contribution < 1.29 is 0 Å². The number of pyridine rings is 1. The topological polar surface area (TPSA) is 50.9 Å². The van der Waals surface area contributed by atoms with Gasteiger partial charge < -0.3 is 11.1 Å². The fourth-order valence-electron chi connectivity index (χ4n) is 2.87. The van der Waals surface area contributed by atoms with E-state index >= 15 is 0 Å². The molecule has 19 heavy (non-hydrogen) atoms. The van der Waals surface area contributed by atoms with Crippen LogP contribution in [0, 0.1) is 13.8 Å². The second kappa shape index (κ2) is 6.33. The molecule has 1 aromatic heterocycles. The molecule has 3 N–H and O–H groups in total. The highest BCUT2D eigenvalue weighted by Crippen LogP contribution is 2.24. The Bertz CT molecular complexity index is 463. The van der Waals surface area contributed by atoms with Gasteiger partial charge in [0.1, 0.15) is 10.8 Å². The number of anilines is 1. The third-order valence-corrected chi connectivity index (χ3v) is 3.99. The molecule has 0 aromatic carbocycles. The standard InChI is InChI=1S/C15H23N3S/c1-10-9-11(2)17-15(13(10)14(16)19)18-12-7-5-3-4-6-8-12/h9,12H,3-8H2,1-2H3,(H2,16,19)(H,17,18). The van der Waals surface area contributed by atoms with Crippen LogP contribution < -0.4 is 11.1 Å². The van der Waals surface area contributed by atoms with Crippen molar-refractivity contribution in [2.45, 2.75) is 58.4 Å². The van der Waals surface area contributed by atoms with Gasteiger partial charge in [-0.15, -0.1) is 0 Å². The van der Waals surface area contributed by atoms with E-state index in [1.807, 2.05) is 19.9 Å². The maximum Gasteiger partial charge on any atom is 0.136 e. The molecule has 0 aliphatic heterocycles. The maximum absolute atomic E-state index is 5.85. The summed E-state index contributed by atoms with van der Waals surface area (Å²) in [5.41, 5.74) is 8.88. The zero-order chi connectivity index (χ0) is 13.8. The Balaban J connectivity index is 2.24. The van der Waals surface area contributed by atoms with Crippen LogP contribution in [0.5, 0.6) is 0 Å². The highest BCUT2D eigenvalue weighted by atomic mass is 32.1. The average molecular weight is 277 g/mol. The van der Waals surface area contributed by atoms with Crippen LogP contribution in [0.3, 0.4) is 0 Å². The molecule has 1 aliphatic carbocycles. The zero-order valence-electron chi connectivity index (χ0n) is 11.8. The maximum atomic E-state index is 5.85. The van der Waals surface area contributed by atoms with Crippen LogP contribution in [0.4, 0.5) is 5.82 Å². The number of hydrogen-bond acceptors (Lipinski definition) is 3. The molecule has 1 aromatic rings. The number of aryl methyl sites for hydroxylation is 2. The number of hydrogen-bond donors (Lipinski definition) is 2. The van der Waals surface area contributed by atoms with E-state index < -0.39 is 0 Å². The molecule has 0 unspecified atom stereocenters. The van der Waals surface area contributed by atoms with E-state index in [1.165, 1.54) is 38.5 Å². The van der Waals surface area contributed by atoms with Crippen LogP contribution in [-0.4, -0.2) is 16.0 Å². The molecule has 4 heteroatoms. The van der Waals surface area contributed by atoms with Crippen LogP contribution in [-0.2, 0) is 0 Å². The molecule has 104 valence electrons. The van der Waals surface area contributed by atoms with Crippen molar-refractivity contribution in [3.63, 3.8) is 0 Å². The Morgan fingerprint density at radius 3 is 2.47 bits per heavy atom. The molecule has 0 saturated heterocycles. The lowest BCUT2D eigenvalue weighted by atomic mass is 10.1. The third-order valence-electron chi connectivity index (χ3n) is 3.79. The summed E-state index contributed by atoms with van der Waals surface area (Å²) in [5, 5.41) is 3.57. The second-order valence-electron chi connectivity index (χ2n) is 5.50. The van der Waals surface area contributed by atoms with E-state index in [0.29, 0.717) is 11.0 Å². The van der Waals surface area contributed by atoms with Crippen LogP contribution in [0.2, 0.25) is 0 Å². The summed E-state index contributed by atoms with van der Waals surface area (Å²) in [4.78, 5) is 5.03. The van der Waals surface area contributed by atoms with Crippen LogP contribution >= 0.6 is 12.2 Å². The minimum absolute atomic E-state index is 0.432. The first-order valence-corrected chi connectivity index (χ1v) is 7.53. The molecule has 0 atom stereocenters. The second-order valence-corrected chi connectivity index (χ2v) is 5.94. The van der Waals surface area contributed by atoms with Crippen molar-refractivity contribution >= 4 is 23.0 Å². The summed E-state index contributed by atoms with van der Waals surface area (Å²) in [7, 11) is 0. The number of nitrogens with one attached hydrogen (secondary N) is 1. The molecule has 2 rings (SSSR count). The van der Waals surface area contributed by atoms with Gasteiger partial charge in [-0.2, -0.15) is 0 Å². The van der Waals surface area contributed by atoms with Crippen molar-refractivity contribution in [3.05, 3.63) is 22.9 Å². The first-order valence-electron chi connectivity index (χ1n) is 7.12. The summed E-state index contributed by atoms with van der Waals surface area (Å²) >= 11 is 5.17. The lowest BCUT2D eigenvalue weighted by Gasteiger charge is -2.20. The fourth-order valence-corrected chi connectivity index (χ4v) is 3.13. The van der Waals surface area contributed by atoms with Gasteiger partial charge >= 0.3 is 0 Å². The van der Waals surface area contributed by atoms with Gasteiger partial charge in [0.2, 0.25) is 0 Å². The van der Waals surface area contributed by atoms with E-state index in [4.69, 9.17) is 18.0 Å². The van der Waals surface area contributed by atoms with Gasteiger partial charge in [0.15, 0.2) is 0 Å². The van der Waals surface area contributed by atoms with Crippen LogP contribution in [0.15, 0.2) is 6.07 Å². The van der Waals surface area contributed by atoms with Crippen molar-refractivity contribution in [1.82, 2.24) is 4.98 Å². The summed E-state index contributed by atoms with van der Waals surface area (Å²) in [5.74, 6) is 0.872. The highest BCUT2D eigenvalue weighted by molar-refractivity contribution is 7.80. The van der Waals surface area contributed by atoms with Gasteiger partial charge in [-0.1, -0.05) is 37.9 Å². The molecule has 1 saturated carbocycles. The van der Waals surface area contributed by atoms with Crippen LogP contribution in [0.1, 0.15) is 55.3 Å². The Labute approximate surface area is 121 Å². The predicted octanol–water partition coefficient (Wildman–Crippen LogP) is 3.47. The minimum atomic E-state index is 0.432. The van der Waals surface area contributed by atoms with Crippen LogP contribution in [0.25, 0.3) is 0 Å². The molecular formula is C15H23N3S. The first-order chi connectivity index (χ1) is 9.08. The van der Waals surface area contributed by atoms with E-state index in [-0.39, 0.29) is 0 Å². The van der Waals surface area contributed by atoms with Gasteiger partial charge in [-0.25, -0.2) is 4.98 Å². The Hall–Kier alpha value is -1.16. The fraction of sp³-hybridized carbons (Fsp3) is 0.600. The van der Waals surface area contributed by atoms with E-state index in [0.717, 1.165) is 22.6 Å². The molecule has 1 heterocycles. The molecular weight excluding hydrogens is 254 g/mol. The normalized spacial score (nSPS) is 16.9. The van der Waals surface area contributed by atoms with E-state index in [2.05, 4.69) is 10.3 Å². The lowest BCUT2D eigenvalue weighted by molar-refractivity contribution is 0.617. The van der Waals surface area contributed by atoms with Crippen molar-refractivity contribution in [1.29, 1.82) is 0 Å². The molecule has 3 nitrogen and oxygen atoms in total. The third kappa shape index (κ3) is 3.66. The van der Waals surface area contributed by atoms with E-state index in [1.54, 1.807) is 0 Å². The first kappa shape index (κ1) is 14.3. The number of thiocarbonyl (C=S) groups is 1. The Morgan fingerprint density at radius 1 is 1.26 bits per heavy atom. The molecule has 0 radical (unpaired) electrons. The Morgan fingerprint density at radius 2 is 1.89 bits per heavy atom. The van der Waals surface area contributed by atoms with Gasteiger partial charge in [0.25, 0.3) is 0 Å². The SMILES string of the molecule is Cc1cc(C)c(C(N)=S)c(NC2CCCCCC2)n1. The van der Waals surface area contributed by atoms with Gasteiger partial charge in [-0.05, 0) is 38.3 Å². The minimum Gasteiger partial charge on any atom is -0.389 e. The molecule has 1 fully saturated rings. The van der Waals surface area contributed by atoms with Crippen molar-refractivity contribution in [2.75, 3.05) is 5.32 Å². The predicted molar refractivity (Wildman–Crippen MR) is 84.7 cm³/mol. The monoisotopic (exact) mass is 277 g/mol. The zero-order valence-corrected chi connectivity index (χ0v) is 12.6. The summed E-state index contributed by atoms with van der Waals surface area (Å²) in [6.07, 6.45) is 7.72. The largest absolute Gasteiger partial charge is 0.389 e. The molecule has 0 spiro atoms. The van der Waals surface area contributed by atoms with Gasteiger partial charge in [-0.3, -0.25) is 0 Å². The molecule has 0 bridgehead atoms. The van der Waals surface area contributed by atoms with Gasteiger partial charge in [0.05, 0.1) is 5.56 Å². The number of nitrogens with two attached hydrogens (primary N) is 1. The van der Waals surface area contributed by atoms with Gasteiger partial charge in [0, 0.05) is 11.7 Å². The number of nitrogens with zero attached hydrogens (tertiary/aromatic N) is 1. The quantitative estimate of drug-likeness (QED) is 0.656. The summed E-state index contributed by atoms with van der Waals surface area (Å²) < 4.78 is 0. The number of rotatable bonds is 3. The Kier molecular flexibility index (Phi) is 4.75. The smallest absolute Gasteiger partial charge is 0.136 e. The highest BCUT2D eigenvalue weighted by Gasteiger charge is 2.17. The van der Waals surface area contributed by atoms with Crippen molar-refractivity contribution in [3.8, 4) is 0 Å². The average Bonchev–Trinajstić information content (AvgIpc) is 2.56. The summed E-state index contributed by atoms with van der Waals surface area (Å²) in [6.45, 7) is 4.05. The summed E-state index contributed by atoms with van der Waals surface area (Å²) in [6, 6.07) is 2.54. The number of aromatic nitrogens is 1.